The van der Waals surface area contributed by atoms with E-state index in [9.17, 15) is 4.79 Å². The number of aryl methyl sites for hydroxylation is 1. The molecule has 1 atom stereocenters. The molecule has 0 saturated heterocycles. The van der Waals surface area contributed by atoms with Gasteiger partial charge >= 0.3 is 0 Å². The molecule has 0 bridgehead atoms. The molecule has 0 saturated carbocycles. The molecular weight excluding hydrogens is 386 g/mol. The van der Waals surface area contributed by atoms with Crippen LogP contribution in [0.5, 0.6) is 5.75 Å². The monoisotopic (exact) mass is 409 g/mol. The molecule has 4 rings (SSSR count). The number of rotatable bonds is 5. The summed E-state index contributed by atoms with van der Waals surface area (Å²) in [7, 11) is 0. The molecule has 0 unspecified atom stereocenters. The van der Waals surface area contributed by atoms with Crippen LogP contribution >= 0.6 is 11.8 Å². The molecule has 0 spiro atoms. The van der Waals surface area contributed by atoms with Gasteiger partial charge in [0.15, 0.2) is 0 Å². The van der Waals surface area contributed by atoms with Crippen molar-refractivity contribution in [1.29, 1.82) is 0 Å². The fraction of sp³-hybridized carbons (Fsp3) is 0.333. The molecule has 0 fully saturated rings. The minimum atomic E-state index is -0.0623. The van der Waals surface area contributed by atoms with Gasteiger partial charge in [0.1, 0.15) is 11.6 Å². The van der Waals surface area contributed by atoms with Crippen molar-refractivity contribution in [3.8, 4) is 11.7 Å². The number of aromatic nitrogens is 4. The van der Waals surface area contributed by atoms with Crippen LogP contribution in [-0.2, 0) is 4.79 Å². The van der Waals surface area contributed by atoms with Gasteiger partial charge in [0.25, 0.3) is 5.95 Å². The number of hydrogen-bond donors (Lipinski definition) is 1. The zero-order chi connectivity index (χ0) is 20.4. The van der Waals surface area contributed by atoms with E-state index in [4.69, 9.17) is 4.74 Å². The highest BCUT2D eigenvalue weighted by Gasteiger charge is 2.31. The van der Waals surface area contributed by atoms with Crippen molar-refractivity contribution in [2.75, 3.05) is 17.7 Å². The molecule has 3 aromatic rings. The molecular formula is C21H23N5O2S. The first-order valence-electron chi connectivity index (χ1n) is 9.54. The van der Waals surface area contributed by atoms with E-state index in [1.165, 1.54) is 0 Å². The number of ether oxygens (including phenoxy) is 1. The van der Waals surface area contributed by atoms with Crippen molar-refractivity contribution in [1.82, 2.24) is 19.7 Å². The summed E-state index contributed by atoms with van der Waals surface area (Å²) >= 11 is 1.59. The lowest BCUT2D eigenvalue weighted by Crippen LogP contribution is -2.16. The molecule has 1 aliphatic rings. The fourth-order valence-corrected chi connectivity index (χ4v) is 4.38. The predicted molar refractivity (Wildman–Crippen MR) is 114 cm³/mol. The highest BCUT2D eigenvalue weighted by molar-refractivity contribution is 8.00. The van der Waals surface area contributed by atoms with Crippen molar-refractivity contribution in [3.05, 3.63) is 59.5 Å². The maximum atomic E-state index is 12.4. The van der Waals surface area contributed by atoms with Gasteiger partial charge in [0.2, 0.25) is 5.91 Å². The molecule has 7 nitrogen and oxygen atoms in total. The van der Waals surface area contributed by atoms with Gasteiger partial charge in [-0.25, -0.2) is 9.97 Å². The van der Waals surface area contributed by atoms with Gasteiger partial charge in [-0.05, 0) is 36.6 Å². The molecule has 1 amide bonds. The Balaban J connectivity index is 1.72. The summed E-state index contributed by atoms with van der Waals surface area (Å²) in [6.45, 7) is 6.88. The Hall–Kier alpha value is -2.87. The number of nitrogens with one attached hydrogen (secondary N) is 1. The van der Waals surface area contributed by atoms with Gasteiger partial charge in [0.05, 0.1) is 23.3 Å². The second kappa shape index (κ2) is 8.24. The van der Waals surface area contributed by atoms with E-state index in [2.05, 4.69) is 46.4 Å². The maximum Gasteiger partial charge on any atom is 0.252 e. The molecule has 1 N–H and O–H groups in total. The predicted octanol–water partition coefficient (Wildman–Crippen LogP) is 3.78. The molecule has 1 aliphatic heterocycles. The number of carbonyl (C=O) groups excluding carboxylic acids is 1. The zero-order valence-corrected chi connectivity index (χ0v) is 17.4. The van der Waals surface area contributed by atoms with Crippen LogP contribution in [0.1, 0.15) is 35.9 Å². The Labute approximate surface area is 173 Å². The molecule has 1 aromatic carbocycles. The van der Waals surface area contributed by atoms with Crippen molar-refractivity contribution >= 4 is 23.5 Å². The highest BCUT2D eigenvalue weighted by Crippen LogP contribution is 2.43. The van der Waals surface area contributed by atoms with Crippen LogP contribution in [0.15, 0.2) is 42.7 Å². The number of benzene rings is 1. The Bertz CT molecular complexity index is 1000. The second-order valence-electron chi connectivity index (χ2n) is 7.32. The summed E-state index contributed by atoms with van der Waals surface area (Å²) < 4.78 is 7.41. The fourth-order valence-electron chi connectivity index (χ4n) is 3.19. The van der Waals surface area contributed by atoms with Gasteiger partial charge in [-0.1, -0.05) is 26.0 Å². The first-order chi connectivity index (χ1) is 14.0. The Morgan fingerprint density at radius 1 is 1.24 bits per heavy atom. The van der Waals surface area contributed by atoms with Crippen molar-refractivity contribution in [3.63, 3.8) is 0 Å². The third kappa shape index (κ3) is 4.12. The number of anilines is 1. The van der Waals surface area contributed by atoms with E-state index < -0.39 is 0 Å². The number of nitrogens with zero attached hydrogens (tertiary/aromatic N) is 4. The largest absolute Gasteiger partial charge is 0.493 e. The van der Waals surface area contributed by atoms with Gasteiger partial charge in [0, 0.05) is 18.0 Å². The van der Waals surface area contributed by atoms with E-state index >= 15 is 0 Å². The standard InChI is InChI=1S/C21H23N5O2S/c1-13(2)11-28-16-7-5-15(6-8-16)19-18-14(3)25-26(21-22-9-4-10-23-21)20(18)24-17(27)12-29-19/h4-10,13,19H,11-12H2,1-3H3,(H,24,27)/t19-/m1/s1. The summed E-state index contributed by atoms with van der Waals surface area (Å²) in [4.78, 5) is 21.0. The van der Waals surface area contributed by atoms with E-state index in [-0.39, 0.29) is 11.2 Å². The van der Waals surface area contributed by atoms with Crippen LogP contribution in [-0.4, -0.2) is 38.0 Å². The number of hydrogen-bond acceptors (Lipinski definition) is 6. The SMILES string of the molecule is Cc1nn(-c2ncccn2)c2c1[C@@H](c1ccc(OCC(C)C)cc1)SCC(=O)N2. The van der Waals surface area contributed by atoms with Gasteiger partial charge < -0.3 is 10.1 Å². The molecule has 0 aliphatic carbocycles. The van der Waals surface area contributed by atoms with Crippen molar-refractivity contribution in [2.24, 2.45) is 5.92 Å². The van der Waals surface area contributed by atoms with Gasteiger partial charge in [-0.15, -0.1) is 11.8 Å². The molecule has 150 valence electrons. The third-order valence-electron chi connectivity index (χ3n) is 4.52. The number of amides is 1. The topological polar surface area (TPSA) is 81.9 Å². The van der Waals surface area contributed by atoms with E-state index in [0.29, 0.717) is 30.0 Å². The van der Waals surface area contributed by atoms with Crippen LogP contribution in [0, 0.1) is 12.8 Å². The minimum Gasteiger partial charge on any atom is -0.493 e. The Morgan fingerprint density at radius 2 is 1.97 bits per heavy atom. The van der Waals surface area contributed by atoms with Crippen LogP contribution in [0.2, 0.25) is 0 Å². The minimum absolute atomic E-state index is 0.0273. The first kappa shape index (κ1) is 19.4. The number of carbonyl (C=O) groups is 1. The summed E-state index contributed by atoms with van der Waals surface area (Å²) in [5.41, 5.74) is 2.91. The molecule has 3 heterocycles. The molecule has 8 heteroatoms. The van der Waals surface area contributed by atoms with Gasteiger partial charge in [-0.2, -0.15) is 9.78 Å². The lowest BCUT2D eigenvalue weighted by atomic mass is 10.0. The van der Waals surface area contributed by atoms with E-state index in [1.54, 1.807) is 34.9 Å². The van der Waals surface area contributed by atoms with E-state index in [0.717, 1.165) is 22.6 Å². The molecule has 0 radical (unpaired) electrons. The lowest BCUT2D eigenvalue weighted by Gasteiger charge is -2.16. The van der Waals surface area contributed by atoms with Crippen molar-refractivity contribution < 1.29 is 9.53 Å². The molecule has 29 heavy (non-hydrogen) atoms. The van der Waals surface area contributed by atoms with Crippen LogP contribution in [0.25, 0.3) is 5.95 Å². The lowest BCUT2D eigenvalue weighted by molar-refractivity contribution is -0.113. The highest BCUT2D eigenvalue weighted by atomic mass is 32.2. The Kier molecular flexibility index (Phi) is 5.53. The average Bonchev–Trinajstić information content (AvgIpc) is 2.93. The van der Waals surface area contributed by atoms with E-state index in [1.807, 2.05) is 19.1 Å². The second-order valence-corrected chi connectivity index (χ2v) is 8.41. The van der Waals surface area contributed by atoms with Crippen LogP contribution < -0.4 is 10.1 Å². The smallest absolute Gasteiger partial charge is 0.252 e. The van der Waals surface area contributed by atoms with Crippen molar-refractivity contribution in [2.45, 2.75) is 26.0 Å². The Morgan fingerprint density at radius 3 is 2.66 bits per heavy atom. The third-order valence-corrected chi connectivity index (χ3v) is 5.79. The van der Waals surface area contributed by atoms with Crippen LogP contribution in [0.4, 0.5) is 5.82 Å². The summed E-state index contributed by atoms with van der Waals surface area (Å²) in [5, 5.41) is 7.58. The van der Waals surface area contributed by atoms with Gasteiger partial charge in [-0.3, -0.25) is 4.79 Å². The summed E-state index contributed by atoms with van der Waals surface area (Å²) in [6.07, 6.45) is 3.32. The van der Waals surface area contributed by atoms with Crippen LogP contribution in [0.3, 0.4) is 0 Å². The normalized spacial score (nSPS) is 16.3. The number of thioether (sulfide) groups is 1. The average molecular weight is 410 g/mol. The number of fused-ring (bicyclic) bond motifs is 1. The zero-order valence-electron chi connectivity index (χ0n) is 16.6. The quantitative estimate of drug-likeness (QED) is 0.691. The molecule has 2 aromatic heterocycles. The summed E-state index contributed by atoms with van der Waals surface area (Å²) in [5.74, 6) is 2.68. The summed E-state index contributed by atoms with van der Waals surface area (Å²) in [6, 6.07) is 9.83. The first-order valence-corrected chi connectivity index (χ1v) is 10.6. The maximum absolute atomic E-state index is 12.4.